The van der Waals surface area contributed by atoms with Crippen LogP contribution in [0.5, 0.6) is 0 Å². The molecule has 0 spiro atoms. The van der Waals surface area contributed by atoms with Crippen molar-refractivity contribution in [2.24, 2.45) is 5.41 Å². The van der Waals surface area contributed by atoms with Gasteiger partial charge in [-0.3, -0.25) is 4.79 Å². The van der Waals surface area contributed by atoms with Gasteiger partial charge in [0.2, 0.25) is 5.91 Å². The summed E-state index contributed by atoms with van der Waals surface area (Å²) >= 11 is 0. The summed E-state index contributed by atoms with van der Waals surface area (Å²) in [6.45, 7) is 9.09. The van der Waals surface area contributed by atoms with Crippen molar-refractivity contribution in [2.45, 2.75) is 39.7 Å². The molecule has 3 heterocycles. The van der Waals surface area contributed by atoms with Crippen molar-refractivity contribution in [3.05, 3.63) is 18.1 Å². The van der Waals surface area contributed by atoms with Crippen molar-refractivity contribution in [2.75, 3.05) is 33.7 Å². The van der Waals surface area contributed by atoms with Gasteiger partial charge in [-0.25, -0.2) is 14.6 Å². The van der Waals surface area contributed by atoms with Gasteiger partial charge in [0.15, 0.2) is 5.65 Å². The third kappa shape index (κ3) is 3.66. The number of nitrogens with zero attached hydrogens (tertiary/aromatic N) is 6. The maximum absolute atomic E-state index is 12.6. The SMILES string of the molecule is CN(C)CCn1nc(C2CCN(C(=O)C(C)(C)C)C2)c2nccnc21. The first-order valence-electron chi connectivity index (χ1n) is 8.89. The minimum atomic E-state index is -0.345. The average Bonchev–Trinajstić information content (AvgIpc) is 3.16. The summed E-state index contributed by atoms with van der Waals surface area (Å²) in [6.07, 6.45) is 4.36. The molecule has 2 aromatic rings. The van der Waals surface area contributed by atoms with Crippen LogP contribution in [0.1, 0.15) is 38.8 Å². The Balaban J connectivity index is 1.86. The standard InChI is InChI=1S/C18H28N6O/c1-18(2,3)17(25)23-9-6-13(12-23)14-15-16(20-8-7-19-15)24(21-14)11-10-22(4)5/h7-8,13H,6,9-12H2,1-5H3. The van der Waals surface area contributed by atoms with Gasteiger partial charge < -0.3 is 9.80 Å². The average molecular weight is 344 g/mol. The van der Waals surface area contributed by atoms with Gasteiger partial charge in [-0.15, -0.1) is 0 Å². The summed E-state index contributed by atoms with van der Waals surface area (Å²) in [6, 6.07) is 0. The number of amides is 1. The van der Waals surface area contributed by atoms with E-state index in [1.165, 1.54) is 0 Å². The second-order valence-electron chi connectivity index (χ2n) is 8.13. The molecule has 1 aliphatic heterocycles. The molecular weight excluding hydrogens is 316 g/mol. The maximum atomic E-state index is 12.6. The van der Waals surface area contributed by atoms with Gasteiger partial charge >= 0.3 is 0 Å². The molecular formula is C18H28N6O. The maximum Gasteiger partial charge on any atom is 0.227 e. The predicted octanol–water partition coefficient (Wildman–Crippen LogP) is 1.75. The number of rotatable bonds is 4. The van der Waals surface area contributed by atoms with Gasteiger partial charge in [-0.1, -0.05) is 20.8 Å². The van der Waals surface area contributed by atoms with Crippen molar-refractivity contribution < 1.29 is 4.79 Å². The van der Waals surface area contributed by atoms with Crippen molar-refractivity contribution in [1.82, 2.24) is 29.5 Å². The van der Waals surface area contributed by atoms with E-state index in [0.29, 0.717) is 6.54 Å². The van der Waals surface area contributed by atoms with Gasteiger partial charge in [0.25, 0.3) is 0 Å². The molecule has 0 aliphatic carbocycles. The number of likely N-dealkylation sites (N-methyl/N-ethyl adjacent to an activating group) is 1. The second kappa shape index (κ2) is 6.71. The Morgan fingerprint density at radius 1 is 1.28 bits per heavy atom. The quantitative estimate of drug-likeness (QED) is 0.845. The molecule has 2 aromatic heterocycles. The predicted molar refractivity (Wildman–Crippen MR) is 97.3 cm³/mol. The monoisotopic (exact) mass is 344 g/mol. The first kappa shape index (κ1) is 17.8. The minimum Gasteiger partial charge on any atom is -0.342 e. The summed E-state index contributed by atoms with van der Waals surface area (Å²) in [4.78, 5) is 25.7. The van der Waals surface area contributed by atoms with Gasteiger partial charge in [0.1, 0.15) is 5.52 Å². The molecule has 0 saturated carbocycles. The zero-order chi connectivity index (χ0) is 18.2. The van der Waals surface area contributed by atoms with E-state index in [-0.39, 0.29) is 17.2 Å². The van der Waals surface area contributed by atoms with E-state index in [4.69, 9.17) is 5.10 Å². The lowest BCUT2D eigenvalue weighted by molar-refractivity contribution is -0.138. The molecule has 1 atom stereocenters. The zero-order valence-corrected chi connectivity index (χ0v) is 15.9. The molecule has 0 aromatic carbocycles. The third-order valence-corrected chi connectivity index (χ3v) is 4.66. The van der Waals surface area contributed by atoms with E-state index in [9.17, 15) is 4.79 Å². The molecule has 25 heavy (non-hydrogen) atoms. The normalized spacial score (nSPS) is 18.5. The Labute approximate surface area is 149 Å². The van der Waals surface area contributed by atoms with Crippen LogP contribution in [-0.4, -0.2) is 69.2 Å². The number of aromatic nitrogens is 4. The molecule has 1 amide bonds. The van der Waals surface area contributed by atoms with Crippen molar-refractivity contribution in [1.29, 1.82) is 0 Å². The van der Waals surface area contributed by atoms with Crippen molar-refractivity contribution >= 4 is 17.1 Å². The third-order valence-electron chi connectivity index (χ3n) is 4.66. The van der Waals surface area contributed by atoms with Crippen molar-refractivity contribution in [3.8, 4) is 0 Å². The van der Waals surface area contributed by atoms with Crippen LogP contribution < -0.4 is 0 Å². The first-order chi connectivity index (χ1) is 11.8. The number of carbonyl (C=O) groups is 1. The fourth-order valence-electron chi connectivity index (χ4n) is 3.29. The highest BCUT2D eigenvalue weighted by Crippen LogP contribution is 2.32. The number of hydrogen-bond donors (Lipinski definition) is 0. The highest BCUT2D eigenvalue weighted by Gasteiger charge is 2.35. The Morgan fingerprint density at radius 3 is 2.68 bits per heavy atom. The minimum absolute atomic E-state index is 0.206. The number of fused-ring (bicyclic) bond motifs is 1. The van der Waals surface area contributed by atoms with E-state index in [1.54, 1.807) is 12.4 Å². The molecule has 0 radical (unpaired) electrons. The molecule has 3 rings (SSSR count). The fraction of sp³-hybridized carbons (Fsp3) is 0.667. The lowest BCUT2D eigenvalue weighted by Gasteiger charge is -2.25. The summed E-state index contributed by atoms with van der Waals surface area (Å²) < 4.78 is 1.95. The number of carbonyl (C=O) groups excluding carboxylic acids is 1. The Bertz CT molecular complexity index is 761. The summed E-state index contributed by atoms with van der Waals surface area (Å²) in [5.74, 6) is 0.434. The van der Waals surface area contributed by atoms with Crippen LogP contribution in [0.4, 0.5) is 0 Å². The van der Waals surface area contributed by atoms with Crippen LogP contribution in [0, 0.1) is 5.41 Å². The van der Waals surface area contributed by atoms with Crippen LogP contribution >= 0.6 is 0 Å². The topological polar surface area (TPSA) is 67.2 Å². The molecule has 1 aliphatic rings. The van der Waals surface area contributed by atoms with Crippen LogP contribution in [0.2, 0.25) is 0 Å². The molecule has 0 bridgehead atoms. The van der Waals surface area contributed by atoms with E-state index in [1.807, 2.05) is 44.4 Å². The zero-order valence-electron chi connectivity index (χ0n) is 15.9. The van der Waals surface area contributed by atoms with Crippen molar-refractivity contribution in [3.63, 3.8) is 0 Å². The molecule has 7 heteroatoms. The van der Waals surface area contributed by atoms with E-state index in [0.717, 1.165) is 42.9 Å². The molecule has 1 saturated heterocycles. The number of hydrogen-bond acceptors (Lipinski definition) is 5. The van der Waals surface area contributed by atoms with Gasteiger partial charge in [0, 0.05) is 43.4 Å². The second-order valence-corrected chi connectivity index (χ2v) is 8.13. The Hall–Kier alpha value is -2.02. The summed E-state index contributed by atoms with van der Waals surface area (Å²) in [7, 11) is 4.09. The van der Waals surface area contributed by atoms with Crippen LogP contribution in [-0.2, 0) is 11.3 Å². The van der Waals surface area contributed by atoms with Crippen LogP contribution in [0.15, 0.2) is 12.4 Å². The van der Waals surface area contributed by atoms with E-state index < -0.39 is 0 Å². The largest absolute Gasteiger partial charge is 0.342 e. The smallest absolute Gasteiger partial charge is 0.227 e. The molecule has 136 valence electrons. The summed E-state index contributed by atoms with van der Waals surface area (Å²) in [5, 5.41) is 4.83. The molecule has 7 nitrogen and oxygen atoms in total. The van der Waals surface area contributed by atoms with E-state index >= 15 is 0 Å². The Kier molecular flexibility index (Phi) is 4.77. The highest BCUT2D eigenvalue weighted by molar-refractivity contribution is 5.82. The van der Waals surface area contributed by atoms with Crippen LogP contribution in [0.3, 0.4) is 0 Å². The number of likely N-dealkylation sites (tertiary alicyclic amines) is 1. The van der Waals surface area contributed by atoms with Gasteiger partial charge in [-0.2, -0.15) is 5.10 Å². The molecule has 0 N–H and O–H groups in total. The first-order valence-corrected chi connectivity index (χ1v) is 8.89. The van der Waals surface area contributed by atoms with E-state index in [2.05, 4.69) is 14.9 Å². The lowest BCUT2D eigenvalue weighted by atomic mass is 9.95. The lowest BCUT2D eigenvalue weighted by Crippen LogP contribution is -2.37. The van der Waals surface area contributed by atoms with Crippen LogP contribution in [0.25, 0.3) is 11.2 Å². The molecule has 1 unspecified atom stereocenters. The van der Waals surface area contributed by atoms with Gasteiger partial charge in [0.05, 0.1) is 12.2 Å². The fourth-order valence-corrected chi connectivity index (χ4v) is 3.29. The Morgan fingerprint density at radius 2 is 2.00 bits per heavy atom. The highest BCUT2D eigenvalue weighted by atomic mass is 16.2. The molecule has 1 fully saturated rings. The summed E-state index contributed by atoms with van der Waals surface area (Å²) in [5.41, 5.74) is 2.34. The van der Waals surface area contributed by atoms with Gasteiger partial charge in [-0.05, 0) is 20.5 Å².